The number of hydrogen-bond acceptors (Lipinski definition) is 3. The lowest BCUT2D eigenvalue weighted by molar-refractivity contribution is 0.0933. The second-order valence-electron chi connectivity index (χ2n) is 6.80. The van der Waals surface area contributed by atoms with E-state index in [0.717, 1.165) is 28.3 Å². The monoisotopic (exact) mass is 359 g/mol. The van der Waals surface area contributed by atoms with Gasteiger partial charge in [0.15, 0.2) is 0 Å². The van der Waals surface area contributed by atoms with Crippen molar-refractivity contribution in [3.05, 3.63) is 51.4 Å². The van der Waals surface area contributed by atoms with Gasteiger partial charge in [0.25, 0.3) is 5.91 Å². The fraction of sp³-hybridized carbons (Fsp3) is 0.368. The molecule has 0 saturated heterocycles. The molecule has 3 rings (SSSR count). The molecule has 0 saturated carbocycles. The summed E-state index contributed by atoms with van der Waals surface area (Å²) in [5, 5.41) is 6.60. The standard InChI is InChI=1S/C19H22FN3OS/c1-10(2)7-16(19-21-11(3)9-25-19)23-18(24)17-12(4)22-15-6-5-13(20)8-14(15)17/h5-6,8-10,16,22H,7H2,1-4H3,(H,23,24). The van der Waals surface area contributed by atoms with E-state index in [1.165, 1.54) is 12.1 Å². The van der Waals surface area contributed by atoms with Gasteiger partial charge in [0, 0.05) is 27.7 Å². The Balaban J connectivity index is 1.94. The molecule has 3 aromatic rings. The highest BCUT2D eigenvalue weighted by atomic mass is 32.1. The predicted octanol–water partition coefficient (Wildman–Crippen LogP) is 4.90. The molecule has 0 aliphatic heterocycles. The number of benzene rings is 1. The van der Waals surface area contributed by atoms with Gasteiger partial charge >= 0.3 is 0 Å². The van der Waals surface area contributed by atoms with Crippen molar-refractivity contribution in [1.82, 2.24) is 15.3 Å². The summed E-state index contributed by atoms with van der Waals surface area (Å²) in [6.07, 6.45) is 0.800. The fourth-order valence-electron chi connectivity index (χ4n) is 3.05. The number of hydrogen-bond donors (Lipinski definition) is 2. The molecule has 0 bridgehead atoms. The van der Waals surface area contributed by atoms with E-state index >= 15 is 0 Å². The molecule has 2 aromatic heterocycles. The van der Waals surface area contributed by atoms with E-state index in [0.29, 0.717) is 16.9 Å². The molecule has 132 valence electrons. The van der Waals surface area contributed by atoms with Crippen molar-refractivity contribution in [2.24, 2.45) is 5.92 Å². The molecule has 0 radical (unpaired) electrons. The minimum atomic E-state index is -0.352. The Morgan fingerprint density at radius 3 is 2.76 bits per heavy atom. The van der Waals surface area contributed by atoms with Crippen LogP contribution in [0.3, 0.4) is 0 Å². The summed E-state index contributed by atoms with van der Waals surface area (Å²) in [5.74, 6) is -0.140. The van der Waals surface area contributed by atoms with E-state index in [2.05, 4.69) is 29.1 Å². The second kappa shape index (κ2) is 6.96. The minimum absolute atomic E-state index is 0.149. The van der Waals surface area contributed by atoms with E-state index in [9.17, 15) is 9.18 Å². The maximum Gasteiger partial charge on any atom is 0.254 e. The Kier molecular flexibility index (Phi) is 4.90. The van der Waals surface area contributed by atoms with Gasteiger partial charge in [-0.2, -0.15) is 0 Å². The number of thiazole rings is 1. The van der Waals surface area contributed by atoms with Gasteiger partial charge < -0.3 is 10.3 Å². The van der Waals surface area contributed by atoms with Gasteiger partial charge in [-0.1, -0.05) is 13.8 Å². The van der Waals surface area contributed by atoms with Gasteiger partial charge in [0.05, 0.1) is 11.6 Å². The van der Waals surface area contributed by atoms with Gasteiger partial charge in [-0.25, -0.2) is 9.37 Å². The number of aryl methyl sites for hydroxylation is 2. The molecule has 0 fully saturated rings. The number of carbonyl (C=O) groups is 1. The van der Waals surface area contributed by atoms with Crippen molar-refractivity contribution in [3.8, 4) is 0 Å². The first-order valence-corrected chi connectivity index (χ1v) is 9.24. The average Bonchev–Trinajstić information content (AvgIpc) is 3.08. The molecule has 0 aliphatic rings. The second-order valence-corrected chi connectivity index (χ2v) is 7.69. The molecule has 1 amide bonds. The summed E-state index contributed by atoms with van der Waals surface area (Å²) in [4.78, 5) is 20.6. The van der Waals surface area contributed by atoms with Crippen LogP contribution in [0.4, 0.5) is 4.39 Å². The summed E-state index contributed by atoms with van der Waals surface area (Å²) in [5.41, 5.74) is 2.94. The molecule has 0 spiro atoms. The predicted molar refractivity (Wildman–Crippen MR) is 99.5 cm³/mol. The number of fused-ring (bicyclic) bond motifs is 1. The van der Waals surface area contributed by atoms with Crippen LogP contribution in [0.25, 0.3) is 10.9 Å². The molecular formula is C19H22FN3OS. The zero-order valence-electron chi connectivity index (χ0n) is 14.8. The number of H-pyrrole nitrogens is 1. The molecule has 1 aromatic carbocycles. The Morgan fingerprint density at radius 1 is 1.36 bits per heavy atom. The van der Waals surface area contributed by atoms with E-state index in [1.54, 1.807) is 17.4 Å². The highest BCUT2D eigenvalue weighted by molar-refractivity contribution is 7.09. The molecule has 25 heavy (non-hydrogen) atoms. The van der Waals surface area contributed by atoms with Crippen molar-refractivity contribution in [3.63, 3.8) is 0 Å². The van der Waals surface area contributed by atoms with Crippen LogP contribution < -0.4 is 5.32 Å². The van der Waals surface area contributed by atoms with E-state index < -0.39 is 0 Å². The summed E-state index contributed by atoms with van der Waals surface area (Å²) < 4.78 is 13.6. The van der Waals surface area contributed by atoms with Gasteiger partial charge in [0.1, 0.15) is 10.8 Å². The fourth-order valence-corrected chi connectivity index (χ4v) is 3.91. The molecule has 4 nitrogen and oxygen atoms in total. The largest absolute Gasteiger partial charge is 0.358 e. The smallest absolute Gasteiger partial charge is 0.254 e. The maximum absolute atomic E-state index is 13.6. The highest BCUT2D eigenvalue weighted by Gasteiger charge is 2.23. The normalized spacial score (nSPS) is 12.7. The first-order chi connectivity index (χ1) is 11.8. The lowest BCUT2D eigenvalue weighted by atomic mass is 10.0. The summed E-state index contributed by atoms with van der Waals surface area (Å²) in [6, 6.07) is 4.30. The lowest BCUT2D eigenvalue weighted by Crippen LogP contribution is -2.29. The third-order valence-corrected chi connectivity index (χ3v) is 5.20. The van der Waals surface area contributed by atoms with Gasteiger partial charge in [-0.05, 0) is 44.4 Å². The van der Waals surface area contributed by atoms with E-state index in [1.807, 2.05) is 19.2 Å². The lowest BCUT2D eigenvalue weighted by Gasteiger charge is -2.18. The number of aromatic amines is 1. The number of nitrogens with one attached hydrogen (secondary N) is 2. The van der Waals surface area contributed by atoms with Gasteiger partial charge in [0.2, 0.25) is 0 Å². The van der Waals surface area contributed by atoms with Crippen LogP contribution in [0.1, 0.15) is 53.1 Å². The Bertz CT molecular complexity index is 913. The van der Waals surface area contributed by atoms with Crippen LogP contribution in [0.5, 0.6) is 0 Å². The van der Waals surface area contributed by atoms with Crippen LogP contribution in [0.2, 0.25) is 0 Å². The topological polar surface area (TPSA) is 57.8 Å². The average molecular weight is 359 g/mol. The van der Waals surface area contributed by atoms with Crippen LogP contribution in [-0.2, 0) is 0 Å². The number of rotatable bonds is 5. The van der Waals surface area contributed by atoms with Gasteiger partial charge in [-0.15, -0.1) is 11.3 Å². The molecule has 0 aliphatic carbocycles. The first kappa shape index (κ1) is 17.6. The number of amides is 1. The van der Waals surface area contributed by atoms with Crippen molar-refractivity contribution in [1.29, 1.82) is 0 Å². The van der Waals surface area contributed by atoms with Crippen LogP contribution in [0, 0.1) is 25.6 Å². The molecule has 2 N–H and O–H groups in total. The number of aromatic nitrogens is 2. The van der Waals surface area contributed by atoms with Gasteiger partial charge in [-0.3, -0.25) is 4.79 Å². The van der Waals surface area contributed by atoms with Crippen molar-refractivity contribution >= 4 is 28.1 Å². The van der Waals surface area contributed by atoms with Crippen LogP contribution in [0.15, 0.2) is 23.6 Å². The summed E-state index contributed by atoms with van der Waals surface area (Å²) >= 11 is 1.56. The Hall–Kier alpha value is -2.21. The quantitative estimate of drug-likeness (QED) is 0.681. The highest BCUT2D eigenvalue weighted by Crippen LogP contribution is 2.27. The zero-order valence-corrected chi connectivity index (χ0v) is 15.6. The number of carbonyl (C=O) groups excluding carboxylic acids is 1. The minimum Gasteiger partial charge on any atom is -0.358 e. The molecule has 2 heterocycles. The van der Waals surface area contributed by atoms with E-state index in [-0.39, 0.29) is 17.8 Å². The molecule has 6 heteroatoms. The summed E-state index contributed by atoms with van der Waals surface area (Å²) in [6.45, 7) is 8.01. The van der Waals surface area contributed by atoms with Crippen molar-refractivity contribution < 1.29 is 9.18 Å². The zero-order chi connectivity index (χ0) is 18.1. The van der Waals surface area contributed by atoms with E-state index in [4.69, 9.17) is 0 Å². The number of nitrogens with zero attached hydrogens (tertiary/aromatic N) is 1. The van der Waals surface area contributed by atoms with Crippen molar-refractivity contribution in [2.75, 3.05) is 0 Å². The summed E-state index contributed by atoms with van der Waals surface area (Å²) in [7, 11) is 0. The Labute approximate surface area is 150 Å². The third-order valence-electron chi connectivity index (χ3n) is 4.12. The maximum atomic E-state index is 13.6. The molecule has 1 atom stereocenters. The molecular weight excluding hydrogens is 337 g/mol. The number of halogens is 1. The van der Waals surface area contributed by atoms with Crippen LogP contribution in [-0.4, -0.2) is 15.9 Å². The Morgan fingerprint density at radius 2 is 2.12 bits per heavy atom. The third kappa shape index (κ3) is 3.74. The molecule has 1 unspecified atom stereocenters. The van der Waals surface area contributed by atoms with Crippen LogP contribution >= 0.6 is 11.3 Å². The first-order valence-electron chi connectivity index (χ1n) is 8.36. The van der Waals surface area contributed by atoms with Crippen molar-refractivity contribution in [2.45, 2.75) is 40.2 Å². The SMILES string of the molecule is Cc1csc(C(CC(C)C)NC(=O)c2c(C)[nH]c3ccc(F)cc23)n1.